The van der Waals surface area contributed by atoms with Gasteiger partial charge in [0.15, 0.2) is 11.6 Å². The summed E-state index contributed by atoms with van der Waals surface area (Å²) >= 11 is 0. The van der Waals surface area contributed by atoms with Crippen molar-refractivity contribution in [3.63, 3.8) is 0 Å². The van der Waals surface area contributed by atoms with Gasteiger partial charge in [0, 0.05) is 17.8 Å². The fraction of sp³-hybridized carbons (Fsp3) is 0.429. The first-order chi connectivity index (χ1) is 9.59. The molecule has 0 heterocycles. The van der Waals surface area contributed by atoms with E-state index in [1.807, 2.05) is 0 Å². The van der Waals surface area contributed by atoms with E-state index in [1.165, 1.54) is 6.07 Å². The number of benzene rings is 1. The van der Waals surface area contributed by atoms with Crippen molar-refractivity contribution >= 4 is 17.7 Å². The number of carboxylic acids is 1. The van der Waals surface area contributed by atoms with Crippen LogP contribution in [0.3, 0.4) is 0 Å². The van der Waals surface area contributed by atoms with Gasteiger partial charge in [0.05, 0.1) is 6.42 Å². The zero-order valence-electron chi connectivity index (χ0n) is 12.0. The molecule has 1 aromatic rings. The lowest BCUT2D eigenvalue weighted by Gasteiger charge is -2.30. The molecule has 1 rings (SSSR count). The van der Waals surface area contributed by atoms with Gasteiger partial charge in [-0.05, 0) is 17.5 Å². The molecular formula is C14H18F2N2O3. The molecule has 1 aromatic carbocycles. The van der Waals surface area contributed by atoms with E-state index in [0.717, 1.165) is 12.1 Å². The van der Waals surface area contributed by atoms with E-state index < -0.39 is 35.1 Å². The molecule has 3 N–H and O–H groups in total. The van der Waals surface area contributed by atoms with Gasteiger partial charge in [-0.1, -0.05) is 20.8 Å². The Morgan fingerprint density at radius 3 is 2.33 bits per heavy atom. The highest BCUT2D eigenvalue weighted by Crippen LogP contribution is 2.22. The van der Waals surface area contributed by atoms with Gasteiger partial charge in [-0.25, -0.2) is 13.6 Å². The van der Waals surface area contributed by atoms with Crippen molar-refractivity contribution in [2.75, 3.05) is 5.32 Å². The van der Waals surface area contributed by atoms with Crippen molar-refractivity contribution in [1.29, 1.82) is 0 Å². The molecular weight excluding hydrogens is 282 g/mol. The number of carbonyl (C=O) groups is 2. The first kappa shape index (κ1) is 16.9. The average Bonchev–Trinajstić information content (AvgIpc) is 2.31. The van der Waals surface area contributed by atoms with Crippen LogP contribution in [-0.2, 0) is 4.79 Å². The number of urea groups is 1. The molecule has 0 bridgehead atoms. The number of carboxylic acid groups (broad SMARTS) is 1. The summed E-state index contributed by atoms with van der Waals surface area (Å²) in [6, 6.07) is 1.66. The molecule has 7 heteroatoms. The number of halogens is 2. The first-order valence-electron chi connectivity index (χ1n) is 6.34. The van der Waals surface area contributed by atoms with Crippen LogP contribution in [0.15, 0.2) is 18.2 Å². The number of rotatable bonds is 4. The third-order valence-electron chi connectivity index (χ3n) is 2.91. The Balaban J connectivity index is 2.73. The highest BCUT2D eigenvalue weighted by molar-refractivity contribution is 5.89. The zero-order chi connectivity index (χ0) is 16.2. The summed E-state index contributed by atoms with van der Waals surface area (Å²) in [6.07, 6.45) is -0.241. The summed E-state index contributed by atoms with van der Waals surface area (Å²) in [5.74, 6) is -3.13. The van der Waals surface area contributed by atoms with Crippen LogP contribution in [0.2, 0.25) is 0 Å². The Bertz CT molecular complexity index is 542. The number of carbonyl (C=O) groups excluding carboxylic acids is 1. The number of hydrogen-bond acceptors (Lipinski definition) is 2. The highest BCUT2D eigenvalue weighted by atomic mass is 19.2. The van der Waals surface area contributed by atoms with Gasteiger partial charge in [0.2, 0.25) is 0 Å². The van der Waals surface area contributed by atoms with Crippen LogP contribution in [0.1, 0.15) is 27.2 Å². The summed E-state index contributed by atoms with van der Waals surface area (Å²) in [6.45, 7) is 5.37. The van der Waals surface area contributed by atoms with E-state index in [1.54, 1.807) is 20.8 Å². The van der Waals surface area contributed by atoms with Crippen LogP contribution in [0, 0.1) is 17.0 Å². The third kappa shape index (κ3) is 5.37. The van der Waals surface area contributed by atoms with E-state index in [9.17, 15) is 18.4 Å². The van der Waals surface area contributed by atoms with Crippen LogP contribution >= 0.6 is 0 Å². The standard InChI is InChI=1S/C14H18F2N2O3/c1-14(2,3)11(7-12(19)20)18-13(21)17-8-4-5-9(15)10(16)6-8/h4-6,11H,7H2,1-3H3,(H,19,20)(H2,17,18,21). The highest BCUT2D eigenvalue weighted by Gasteiger charge is 2.28. The summed E-state index contributed by atoms with van der Waals surface area (Å²) in [5, 5.41) is 13.7. The van der Waals surface area contributed by atoms with Crippen molar-refractivity contribution in [2.45, 2.75) is 33.2 Å². The van der Waals surface area contributed by atoms with Gasteiger partial charge in [-0.2, -0.15) is 0 Å². The quantitative estimate of drug-likeness (QED) is 0.800. The molecule has 2 amide bonds. The molecule has 0 saturated heterocycles. The molecule has 0 aliphatic carbocycles. The molecule has 0 aliphatic heterocycles. The molecule has 1 atom stereocenters. The lowest BCUT2D eigenvalue weighted by molar-refractivity contribution is -0.138. The maximum absolute atomic E-state index is 13.0. The summed E-state index contributed by atoms with van der Waals surface area (Å²) in [5.41, 5.74) is -0.390. The Kier molecular flexibility index (Phi) is 5.23. The zero-order valence-corrected chi connectivity index (χ0v) is 12.0. The first-order valence-corrected chi connectivity index (χ1v) is 6.34. The van der Waals surface area contributed by atoms with E-state index in [0.29, 0.717) is 0 Å². The van der Waals surface area contributed by atoms with Gasteiger partial charge >= 0.3 is 12.0 Å². The van der Waals surface area contributed by atoms with Gasteiger partial charge in [-0.15, -0.1) is 0 Å². The molecule has 0 aliphatic rings. The molecule has 5 nitrogen and oxygen atoms in total. The fourth-order valence-electron chi connectivity index (χ4n) is 1.65. The maximum atomic E-state index is 13.0. The molecule has 0 spiro atoms. The molecule has 0 aromatic heterocycles. The van der Waals surface area contributed by atoms with E-state index >= 15 is 0 Å². The topological polar surface area (TPSA) is 78.4 Å². The largest absolute Gasteiger partial charge is 0.481 e. The number of amides is 2. The second-order valence-electron chi connectivity index (χ2n) is 5.74. The van der Waals surface area contributed by atoms with Crippen LogP contribution in [0.25, 0.3) is 0 Å². The average molecular weight is 300 g/mol. The number of aliphatic carboxylic acids is 1. The predicted molar refractivity (Wildman–Crippen MR) is 74.0 cm³/mol. The second kappa shape index (κ2) is 6.51. The SMILES string of the molecule is CC(C)(C)C(CC(=O)O)NC(=O)Nc1ccc(F)c(F)c1. The minimum atomic E-state index is -1.08. The molecule has 21 heavy (non-hydrogen) atoms. The maximum Gasteiger partial charge on any atom is 0.319 e. The number of hydrogen-bond donors (Lipinski definition) is 3. The smallest absolute Gasteiger partial charge is 0.319 e. The Hall–Kier alpha value is -2.18. The van der Waals surface area contributed by atoms with E-state index in [-0.39, 0.29) is 12.1 Å². The van der Waals surface area contributed by atoms with Crippen molar-refractivity contribution < 1.29 is 23.5 Å². The Morgan fingerprint density at radius 1 is 1.24 bits per heavy atom. The third-order valence-corrected chi connectivity index (χ3v) is 2.91. The van der Waals surface area contributed by atoms with Gasteiger partial charge < -0.3 is 15.7 Å². The summed E-state index contributed by atoms with van der Waals surface area (Å²) < 4.78 is 25.8. The normalized spacial score (nSPS) is 12.6. The minimum absolute atomic E-state index is 0.0781. The second-order valence-corrected chi connectivity index (χ2v) is 5.74. The van der Waals surface area contributed by atoms with E-state index in [4.69, 9.17) is 5.11 Å². The number of anilines is 1. The van der Waals surface area contributed by atoms with Crippen LogP contribution in [-0.4, -0.2) is 23.1 Å². The minimum Gasteiger partial charge on any atom is -0.481 e. The van der Waals surface area contributed by atoms with E-state index in [2.05, 4.69) is 10.6 Å². The van der Waals surface area contributed by atoms with Crippen LogP contribution in [0.5, 0.6) is 0 Å². The molecule has 0 saturated carbocycles. The van der Waals surface area contributed by atoms with Crippen LogP contribution in [0.4, 0.5) is 19.3 Å². The van der Waals surface area contributed by atoms with Gasteiger partial charge in [0.1, 0.15) is 0 Å². The van der Waals surface area contributed by atoms with Crippen molar-refractivity contribution in [3.8, 4) is 0 Å². The number of nitrogens with one attached hydrogen (secondary N) is 2. The Labute approximate surface area is 121 Å². The van der Waals surface area contributed by atoms with Crippen LogP contribution < -0.4 is 10.6 Å². The molecule has 1 unspecified atom stereocenters. The lowest BCUT2D eigenvalue weighted by atomic mass is 9.85. The van der Waals surface area contributed by atoms with Crippen molar-refractivity contribution in [3.05, 3.63) is 29.8 Å². The van der Waals surface area contributed by atoms with Crippen molar-refractivity contribution in [1.82, 2.24) is 5.32 Å². The lowest BCUT2D eigenvalue weighted by Crippen LogP contribution is -2.46. The van der Waals surface area contributed by atoms with Crippen molar-refractivity contribution in [2.24, 2.45) is 5.41 Å². The predicted octanol–water partition coefficient (Wildman–Crippen LogP) is 2.98. The van der Waals surface area contributed by atoms with Gasteiger partial charge in [0.25, 0.3) is 0 Å². The fourth-order valence-corrected chi connectivity index (χ4v) is 1.65. The van der Waals surface area contributed by atoms with Gasteiger partial charge in [-0.3, -0.25) is 4.79 Å². The summed E-state index contributed by atoms with van der Waals surface area (Å²) in [7, 11) is 0. The summed E-state index contributed by atoms with van der Waals surface area (Å²) in [4.78, 5) is 22.6. The molecule has 0 fully saturated rings. The Morgan fingerprint density at radius 2 is 1.86 bits per heavy atom. The molecule has 116 valence electrons. The monoisotopic (exact) mass is 300 g/mol. The molecule has 0 radical (unpaired) electrons.